The first-order chi connectivity index (χ1) is 9.99. The van der Waals surface area contributed by atoms with Gasteiger partial charge in [-0.1, -0.05) is 6.42 Å². The summed E-state index contributed by atoms with van der Waals surface area (Å²) in [6.07, 6.45) is -1.05. The first kappa shape index (κ1) is 16.2. The monoisotopic (exact) mass is 320 g/mol. The Morgan fingerprint density at radius 2 is 1.95 bits per heavy atom. The topological polar surface area (TPSA) is 49.8 Å². The molecule has 1 unspecified atom stereocenters. The highest BCUT2D eigenvalue weighted by molar-refractivity contribution is 7.99. The molecule has 0 bridgehead atoms. The number of halogens is 3. The first-order valence-corrected chi connectivity index (χ1v) is 8.09. The number of alkyl halides is 3. The molecule has 21 heavy (non-hydrogen) atoms. The van der Waals surface area contributed by atoms with Gasteiger partial charge in [0, 0.05) is 24.4 Å². The number of thioether (sulfide) groups is 1. The Kier molecular flexibility index (Phi) is 5.55. The smallest absolute Gasteiger partial charge is 0.370 e. The highest BCUT2D eigenvalue weighted by Crippen LogP contribution is 2.29. The minimum absolute atomic E-state index is 0.193. The maximum atomic E-state index is 12.8. The summed E-state index contributed by atoms with van der Waals surface area (Å²) >= 11 is 1.86. The van der Waals surface area contributed by atoms with Gasteiger partial charge in [-0.25, -0.2) is 9.97 Å². The van der Waals surface area contributed by atoms with E-state index in [4.69, 9.17) is 0 Å². The van der Waals surface area contributed by atoms with Crippen molar-refractivity contribution in [3.8, 4) is 0 Å². The van der Waals surface area contributed by atoms with Gasteiger partial charge in [-0.3, -0.25) is 0 Å². The molecule has 4 nitrogen and oxygen atoms in total. The fourth-order valence-electron chi connectivity index (χ4n) is 2.12. The summed E-state index contributed by atoms with van der Waals surface area (Å²) in [6, 6.07) is 1.52. The van der Waals surface area contributed by atoms with Gasteiger partial charge in [0.25, 0.3) is 0 Å². The van der Waals surface area contributed by atoms with E-state index in [1.165, 1.54) is 18.9 Å². The van der Waals surface area contributed by atoms with Gasteiger partial charge in [0.2, 0.25) is 5.82 Å². The van der Waals surface area contributed by atoms with Crippen LogP contribution in [0.25, 0.3) is 0 Å². The van der Waals surface area contributed by atoms with Crippen molar-refractivity contribution in [3.05, 3.63) is 11.9 Å². The lowest BCUT2D eigenvalue weighted by molar-refractivity contribution is -0.144. The van der Waals surface area contributed by atoms with Crippen LogP contribution in [0.5, 0.6) is 0 Å². The summed E-state index contributed by atoms with van der Waals surface area (Å²) in [5.74, 6) is 0.421. The molecule has 8 heteroatoms. The molecule has 1 atom stereocenters. The van der Waals surface area contributed by atoms with Crippen LogP contribution in [0.3, 0.4) is 0 Å². The van der Waals surface area contributed by atoms with Crippen molar-refractivity contribution in [2.45, 2.75) is 37.6 Å². The van der Waals surface area contributed by atoms with Crippen molar-refractivity contribution >= 4 is 23.4 Å². The lowest BCUT2D eigenvalue weighted by Crippen LogP contribution is -2.22. The highest BCUT2D eigenvalue weighted by atomic mass is 32.2. The summed E-state index contributed by atoms with van der Waals surface area (Å²) < 4.78 is 38.4. The quantitative estimate of drug-likeness (QED) is 0.868. The average molecular weight is 320 g/mol. The zero-order valence-electron chi connectivity index (χ0n) is 11.8. The van der Waals surface area contributed by atoms with Crippen LogP contribution < -0.4 is 10.6 Å². The molecule has 0 amide bonds. The molecule has 1 aliphatic rings. The Labute approximate surface area is 126 Å². The molecule has 2 N–H and O–H groups in total. The molecule has 118 valence electrons. The molecule has 2 heterocycles. The summed E-state index contributed by atoms with van der Waals surface area (Å²) in [6.45, 7) is 2.94. The van der Waals surface area contributed by atoms with Crippen molar-refractivity contribution in [1.82, 2.24) is 9.97 Å². The van der Waals surface area contributed by atoms with Crippen LogP contribution in [0.2, 0.25) is 0 Å². The standard InChI is InChI=1S/C13H19F3N4S/c1-2-17-10-7-11(20-12(19-10)13(14,15)16)18-8-9-5-3-4-6-21-9/h7,9H,2-6,8H2,1H3,(H2,17,18,19,20). The molecule has 1 aromatic rings. The lowest BCUT2D eigenvalue weighted by atomic mass is 10.2. The van der Waals surface area contributed by atoms with Gasteiger partial charge in [0.1, 0.15) is 11.6 Å². The number of rotatable bonds is 5. The molecule has 0 aliphatic carbocycles. The molecule has 1 fully saturated rings. The second-order valence-electron chi connectivity index (χ2n) is 4.86. The second kappa shape index (κ2) is 7.20. The van der Waals surface area contributed by atoms with Gasteiger partial charge in [0.05, 0.1) is 0 Å². The number of nitrogens with zero attached hydrogens (tertiary/aromatic N) is 2. The minimum atomic E-state index is -4.54. The third-order valence-corrected chi connectivity index (χ3v) is 4.52. The highest BCUT2D eigenvalue weighted by Gasteiger charge is 2.35. The Hall–Kier alpha value is -1.18. The van der Waals surface area contributed by atoms with Crippen LogP contribution >= 0.6 is 11.8 Å². The number of hydrogen-bond acceptors (Lipinski definition) is 5. The van der Waals surface area contributed by atoms with Crippen LogP contribution in [0.4, 0.5) is 24.8 Å². The molecule has 0 aromatic carbocycles. The van der Waals surface area contributed by atoms with Gasteiger partial charge in [0.15, 0.2) is 0 Å². The third-order valence-electron chi connectivity index (χ3n) is 3.12. The Morgan fingerprint density at radius 1 is 1.24 bits per heavy atom. The summed E-state index contributed by atoms with van der Waals surface area (Å²) in [4.78, 5) is 7.07. The molecule has 1 aliphatic heterocycles. The summed E-state index contributed by atoms with van der Waals surface area (Å²) in [7, 11) is 0. The van der Waals surface area contributed by atoms with Gasteiger partial charge >= 0.3 is 6.18 Å². The molecule has 0 saturated carbocycles. The molecule has 2 rings (SSSR count). The lowest BCUT2D eigenvalue weighted by Gasteiger charge is -2.22. The van der Waals surface area contributed by atoms with Crippen LogP contribution in [0, 0.1) is 0 Å². The number of nitrogens with one attached hydrogen (secondary N) is 2. The largest absolute Gasteiger partial charge is 0.451 e. The fraction of sp³-hybridized carbons (Fsp3) is 0.692. The predicted octanol–water partition coefficient (Wildman–Crippen LogP) is 3.62. The van der Waals surface area contributed by atoms with E-state index in [9.17, 15) is 13.2 Å². The number of aromatic nitrogens is 2. The zero-order valence-corrected chi connectivity index (χ0v) is 12.7. The van der Waals surface area contributed by atoms with Gasteiger partial charge in [-0.15, -0.1) is 0 Å². The van der Waals surface area contributed by atoms with E-state index in [0.29, 0.717) is 18.3 Å². The van der Waals surface area contributed by atoms with E-state index in [0.717, 1.165) is 12.2 Å². The third kappa shape index (κ3) is 4.94. The van der Waals surface area contributed by atoms with Crippen molar-refractivity contribution in [3.63, 3.8) is 0 Å². The van der Waals surface area contributed by atoms with Crippen LogP contribution in [0.15, 0.2) is 6.07 Å². The Balaban J connectivity index is 2.07. The SMILES string of the molecule is CCNc1cc(NCC2CCCCS2)nc(C(F)(F)F)n1. The fourth-order valence-corrected chi connectivity index (χ4v) is 3.36. The van der Waals surface area contributed by atoms with Gasteiger partial charge in [-0.05, 0) is 25.5 Å². The predicted molar refractivity (Wildman–Crippen MR) is 79.8 cm³/mol. The normalized spacial score (nSPS) is 19.3. The van der Waals surface area contributed by atoms with E-state index >= 15 is 0 Å². The van der Waals surface area contributed by atoms with Crippen molar-refractivity contribution in [2.24, 2.45) is 0 Å². The Bertz CT molecular complexity index is 461. The first-order valence-electron chi connectivity index (χ1n) is 7.04. The van der Waals surface area contributed by atoms with Crippen molar-refractivity contribution in [2.75, 3.05) is 29.5 Å². The average Bonchev–Trinajstić information content (AvgIpc) is 2.45. The van der Waals surface area contributed by atoms with E-state index in [-0.39, 0.29) is 11.6 Å². The molecule has 1 aromatic heterocycles. The maximum absolute atomic E-state index is 12.8. The molecular weight excluding hydrogens is 301 g/mol. The van der Waals surface area contributed by atoms with Crippen LogP contribution in [-0.4, -0.2) is 34.1 Å². The minimum Gasteiger partial charge on any atom is -0.370 e. The van der Waals surface area contributed by atoms with E-state index in [1.54, 1.807) is 6.92 Å². The molecule has 1 saturated heterocycles. The summed E-state index contributed by atoms with van der Waals surface area (Å²) in [5.41, 5.74) is 0. The number of anilines is 2. The molecular formula is C13H19F3N4S. The van der Waals surface area contributed by atoms with Crippen molar-refractivity contribution in [1.29, 1.82) is 0 Å². The molecule has 0 spiro atoms. The van der Waals surface area contributed by atoms with Crippen LogP contribution in [-0.2, 0) is 6.18 Å². The summed E-state index contributed by atoms with van der Waals surface area (Å²) in [5, 5.41) is 6.25. The van der Waals surface area contributed by atoms with Crippen molar-refractivity contribution < 1.29 is 13.2 Å². The van der Waals surface area contributed by atoms with E-state index in [1.807, 2.05) is 11.8 Å². The maximum Gasteiger partial charge on any atom is 0.451 e. The van der Waals surface area contributed by atoms with Crippen LogP contribution in [0.1, 0.15) is 32.0 Å². The zero-order chi connectivity index (χ0) is 15.3. The second-order valence-corrected chi connectivity index (χ2v) is 6.27. The number of hydrogen-bond donors (Lipinski definition) is 2. The van der Waals surface area contributed by atoms with Gasteiger partial charge in [-0.2, -0.15) is 24.9 Å². The van der Waals surface area contributed by atoms with E-state index in [2.05, 4.69) is 20.6 Å². The van der Waals surface area contributed by atoms with E-state index < -0.39 is 12.0 Å². The molecule has 0 radical (unpaired) electrons. The Morgan fingerprint density at radius 3 is 2.52 bits per heavy atom. The van der Waals surface area contributed by atoms with Gasteiger partial charge < -0.3 is 10.6 Å².